The van der Waals surface area contributed by atoms with E-state index in [2.05, 4.69) is 5.32 Å². The molecule has 1 N–H and O–H groups in total. The molecule has 0 radical (unpaired) electrons. The lowest BCUT2D eigenvalue weighted by molar-refractivity contribution is -0.134. The van der Waals surface area contributed by atoms with Crippen LogP contribution in [0.4, 0.5) is 0 Å². The van der Waals surface area contributed by atoms with Gasteiger partial charge in [0.05, 0.1) is 13.5 Å². The molecule has 5 heteroatoms. The van der Waals surface area contributed by atoms with E-state index in [1.807, 2.05) is 53.4 Å². The van der Waals surface area contributed by atoms with Gasteiger partial charge in [-0.2, -0.15) is 0 Å². The summed E-state index contributed by atoms with van der Waals surface area (Å²) < 4.78 is 5.19. The fourth-order valence-electron chi connectivity index (χ4n) is 3.37. The van der Waals surface area contributed by atoms with Crippen LogP contribution < -0.4 is 10.1 Å². The molecule has 3 rings (SSSR count). The number of amides is 1. The molecular weight excluding hydrogens is 348 g/mol. The van der Waals surface area contributed by atoms with Crippen LogP contribution in [0.15, 0.2) is 48.5 Å². The van der Waals surface area contributed by atoms with E-state index in [1.165, 1.54) is 0 Å². The summed E-state index contributed by atoms with van der Waals surface area (Å²) >= 11 is 6.34. The van der Waals surface area contributed by atoms with Crippen molar-refractivity contribution in [2.24, 2.45) is 0 Å². The first-order valence-electron chi connectivity index (χ1n) is 9.04. The Morgan fingerprint density at radius 2 is 1.85 bits per heavy atom. The number of ether oxygens (including phenoxy) is 1. The lowest BCUT2D eigenvalue weighted by atomic mass is 10.0. The van der Waals surface area contributed by atoms with Gasteiger partial charge in [-0.3, -0.25) is 4.79 Å². The molecule has 138 valence electrons. The van der Waals surface area contributed by atoms with E-state index >= 15 is 0 Å². The highest BCUT2D eigenvalue weighted by Crippen LogP contribution is 2.22. The van der Waals surface area contributed by atoms with Crippen molar-refractivity contribution in [2.45, 2.75) is 31.8 Å². The zero-order valence-electron chi connectivity index (χ0n) is 15.1. The number of benzene rings is 2. The van der Waals surface area contributed by atoms with Crippen molar-refractivity contribution in [3.8, 4) is 5.75 Å². The summed E-state index contributed by atoms with van der Waals surface area (Å²) in [5.41, 5.74) is 1.99. The molecule has 1 aliphatic heterocycles. The minimum absolute atomic E-state index is 0.141. The predicted molar refractivity (Wildman–Crippen MR) is 105 cm³/mol. The van der Waals surface area contributed by atoms with Gasteiger partial charge in [-0.05, 0) is 55.3 Å². The van der Waals surface area contributed by atoms with Crippen molar-refractivity contribution >= 4 is 17.5 Å². The molecule has 0 bridgehead atoms. The number of hydrogen-bond donors (Lipinski definition) is 1. The van der Waals surface area contributed by atoms with Crippen LogP contribution in [0.3, 0.4) is 0 Å². The lowest BCUT2D eigenvalue weighted by Crippen LogP contribution is -2.46. The molecule has 26 heavy (non-hydrogen) atoms. The molecule has 1 saturated heterocycles. The van der Waals surface area contributed by atoms with E-state index in [-0.39, 0.29) is 11.9 Å². The third kappa shape index (κ3) is 4.77. The fraction of sp³-hybridized carbons (Fsp3) is 0.381. The maximum absolute atomic E-state index is 13.1. The molecular formula is C21H25ClN2O2. The second-order valence-electron chi connectivity index (χ2n) is 6.62. The largest absolute Gasteiger partial charge is 0.497 e. The smallest absolute Gasteiger partial charge is 0.227 e. The molecule has 0 saturated carbocycles. The third-order valence-electron chi connectivity index (χ3n) is 4.88. The Balaban J connectivity index is 1.76. The zero-order valence-corrected chi connectivity index (χ0v) is 15.8. The fourth-order valence-corrected chi connectivity index (χ4v) is 3.56. The van der Waals surface area contributed by atoms with Crippen LogP contribution in [0.5, 0.6) is 5.75 Å². The number of hydrogen-bond acceptors (Lipinski definition) is 3. The summed E-state index contributed by atoms with van der Waals surface area (Å²) in [5, 5.41) is 4.08. The van der Waals surface area contributed by atoms with Crippen molar-refractivity contribution in [2.75, 3.05) is 20.2 Å². The van der Waals surface area contributed by atoms with Crippen LogP contribution >= 0.6 is 11.6 Å². The van der Waals surface area contributed by atoms with Crippen molar-refractivity contribution in [1.82, 2.24) is 10.2 Å². The van der Waals surface area contributed by atoms with Crippen LogP contribution in [-0.4, -0.2) is 37.0 Å². The number of halogens is 1. The van der Waals surface area contributed by atoms with Crippen molar-refractivity contribution in [3.63, 3.8) is 0 Å². The van der Waals surface area contributed by atoms with Crippen LogP contribution in [0.25, 0.3) is 0 Å². The number of nitrogens with zero attached hydrogens (tertiary/aromatic N) is 1. The number of carbonyl (C=O) groups is 1. The molecule has 1 heterocycles. The Morgan fingerprint density at radius 1 is 1.15 bits per heavy atom. The molecule has 0 aromatic heterocycles. The SMILES string of the molecule is COc1ccc(CC(=O)N(Cc2ccccc2Cl)C2CCNCC2)cc1. The molecule has 0 atom stereocenters. The van der Waals surface area contributed by atoms with E-state index in [0.29, 0.717) is 18.0 Å². The molecule has 0 unspecified atom stereocenters. The number of methoxy groups -OCH3 is 1. The molecule has 1 aliphatic rings. The highest BCUT2D eigenvalue weighted by molar-refractivity contribution is 6.31. The summed E-state index contributed by atoms with van der Waals surface area (Å²) in [7, 11) is 1.64. The van der Waals surface area contributed by atoms with Crippen LogP contribution in [0.2, 0.25) is 5.02 Å². The molecule has 0 aliphatic carbocycles. The van der Waals surface area contributed by atoms with E-state index in [4.69, 9.17) is 16.3 Å². The summed E-state index contributed by atoms with van der Waals surface area (Å²) in [6, 6.07) is 15.7. The Bertz CT molecular complexity index is 727. The normalized spacial score (nSPS) is 14.8. The number of rotatable bonds is 6. The predicted octanol–water partition coefficient (Wildman–Crippen LogP) is 3.67. The van der Waals surface area contributed by atoms with Gasteiger partial charge in [0.15, 0.2) is 0 Å². The van der Waals surface area contributed by atoms with Gasteiger partial charge >= 0.3 is 0 Å². The average molecular weight is 373 g/mol. The monoisotopic (exact) mass is 372 g/mol. The third-order valence-corrected chi connectivity index (χ3v) is 5.25. The maximum Gasteiger partial charge on any atom is 0.227 e. The van der Waals surface area contributed by atoms with Gasteiger partial charge in [-0.1, -0.05) is 41.9 Å². The van der Waals surface area contributed by atoms with Gasteiger partial charge in [-0.25, -0.2) is 0 Å². The standard InChI is InChI=1S/C21H25ClN2O2/c1-26-19-8-6-16(7-9-19)14-21(25)24(18-10-12-23-13-11-18)15-17-4-2-3-5-20(17)22/h2-9,18,23H,10-15H2,1H3. The first-order valence-corrected chi connectivity index (χ1v) is 9.41. The Hall–Kier alpha value is -2.04. The van der Waals surface area contributed by atoms with E-state index < -0.39 is 0 Å². The van der Waals surface area contributed by atoms with Gasteiger partial charge in [0, 0.05) is 17.6 Å². The van der Waals surface area contributed by atoms with Crippen LogP contribution in [0, 0.1) is 0 Å². The first kappa shape index (κ1) is 18.7. The van der Waals surface area contributed by atoms with Gasteiger partial charge in [-0.15, -0.1) is 0 Å². The number of piperidine rings is 1. The van der Waals surface area contributed by atoms with Gasteiger partial charge in [0.2, 0.25) is 5.91 Å². The van der Waals surface area contributed by atoms with Crippen LogP contribution in [-0.2, 0) is 17.8 Å². The molecule has 2 aromatic rings. The summed E-state index contributed by atoms with van der Waals surface area (Å²) in [6.07, 6.45) is 2.33. The van der Waals surface area contributed by atoms with E-state index in [1.54, 1.807) is 7.11 Å². The molecule has 1 amide bonds. The molecule has 4 nitrogen and oxygen atoms in total. The second kappa shape index (κ2) is 9.06. The highest BCUT2D eigenvalue weighted by atomic mass is 35.5. The van der Waals surface area contributed by atoms with Gasteiger partial charge < -0.3 is 15.0 Å². The topological polar surface area (TPSA) is 41.6 Å². The zero-order chi connectivity index (χ0) is 18.4. The molecule has 0 spiro atoms. The second-order valence-corrected chi connectivity index (χ2v) is 7.03. The van der Waals surface area contributed by atoms with Crippen molar-refractivity contribution in [3.05, 3.63) is 64.7 Å². The number of nitrogens with one attached hydrogen (secondary N) is 1. The highest BCUT2D eigenvalue weighted by Gasteiger charge is 2.26. The quantitative estimate of drug-likeness (QED) is 0.841. The van der Waals surface area contributed by atoms with E-state index in [0.717, 1.165) is 42.8 Å². The molecule has 2 aromatic carbocycles. The minimum Gasteiger partial charge on any atom is -0.497 e. The minimum atomic E-state index is 0.141. The Labute approximate surface area is 160 Å². The van der Waals surface area contributed by atoms with E-state index in [9.17, 15) is 4.79 Å². The first-order chi connectivity index (χ1) is 12.7. The van der Waals surface area contributed by atoms with Gasteiger partial charge in [0.1, 0.15) is 5.75 Å². The van der Waals surface area contributed by atoms with Crippen molar-refractivity contribution in [1.29, 1.82) is 0 Å². The maximum atomic E-state index is 13.1. The van der Waals surface area contributed by atoms with Gasteiger partial charge in [0.25, 0.3) is 0 Å². The summed E-state index contributed by atoms with van der Waals surface area (Å²) in [5.74, 6) is 0.939. The lowest BCUT2D eigenvalue weighted by Gasteiger charge is -2.35. The van der Waals surface area contributed by atoms with Crippen LogP contribution in [0.1, 0.15) is 24.0 Å². The number of carbonyl (C=O) groups excluding carboxylic acids is 1. The summed E-state index contributed by atoms with van der Waals surface area (Å²) in [6.45, 7) is 2.44. The van der Waals surface area contributed by atoms with Crippen molar-refractivity contribution < 1.29 is 9.53 Å². The Morgan fingerprint density at radius 3 is 2.50 bits per heavy atom. The molecule has 1 fully saturated rings. The Kier molecular flexibility index (Phi) is 6.53. The summed E-state index contributed by atoms with van der Waals surface area (Å²) in [4.78, 5) is 15.1. The average Bonchev–Trinajstić information content (AvgIpc) is 2.68.